The zero-order chi connectivity index (χ0) is 15.2. The predicted molar refractivity (Wildman–Crippen MR) is 92.9 cm³/mol. The molecule has 112 valence electrons. The third kappa shape index (κ3) is 4.80. The summed E-state index contributed by atoms with van der Waals surface area (Å²) in [6.45, 7) is 5.28. The lowest BCUT2D eigenvalue weighted by molar-refractivity contribution is 0.458. The molecule has 1 heterocycles. The molecular weight excluding hydrogens is 396 g/mol. The smallest absolute Gasteiger partial charge is 0.146 e. The first-order valence-corrected chi connectivity index (χ1v) is 8.50. The van der Waals surface area contributed by atoms with Crippen LogP contribution in [0.25, 0.3) is 0 Å². The van der Waals surface area contributed by atoms with Crippen LogP contribution in [0.15, 0.2) is 45.6 Å². The Morgan fingerprint density at radius 3 is 2.71 bits per heavy atom. The molecule has 0 saturated carbocycles. The van der Waals surface area contributed by atoms with E-state index >= 15 is 0 Å². The molecule has 0 aliphatic heterocycles. The van der Waals surface area contributed by atoms with E-state index in [9.17, 15) is 0 Å². The molecule has 1 aromatic heterocycles. The maximum Gasteiger partial charge on any atom is 0.146 e. The van der Waals surface area contributed by atoms with E-state index in [1.807, 2.05) is 18.2 Å². The molecule has 3 nitrogen and oxygen atoms in total. The first-order chi connectivity index (χ1) is 10.1. The molecule has 0 aliphatic rings. The van der Waals surface area contributed by atoms with E-state index in [1.165, 1.54) is 0 Å². The van der Waals surface area contributed by atoms with Crippen molar-refractivity contribution in [2.24, 2.45) is 0 Å². The van der Waals surface area contributed by atoms with Crippen molar-refractivity contribution in [3.05, 3.63) is 51.2 Å². The number of hydrogen-bond acceptors (Lipinski definition) is 3. The number of aromatic nitrogens is 1. The van der Waals surface area contributed by atoms with E-state index in [0.29, 0.717) is 0 Å². The summed E-state index contributed by atoms with van der Waals surface area (Å²) in [4.78, 5) is 4.13. The van der Waals surface area contributed by atoms with Crippen molar-refractivity contribution in [2.75, 3.05) is 6.54 Å². The zero-order valence-electron chi connectivity index (χ0n) is 12.1. The van der Waals surface area contributed by atoms with Crippen LogP contribution in [0.4, 0.5) is 0 Å². The van der Waals surface area contributed by atoms with Crippen LogP contribution in [0.3, 0.4) is 0 Å². The van der Waals surface area contributed by atoms with Crippen LogP contribution < -0.4 is 10.1 Å². The Bertz CT molecular complexity index is 605. The summed E-state index contributed by atoms with van der Waals surface area (Å²) in [5, 5.41) is 3.49. The summed E-state index contributed by atoms with van der Waals surface area (Å²) in [5.41, 5.74) is 1.12. The van der Waals surface area contributed by atoms with Crippen LogP contribution in [0, 0.1) is 0 Å². The number of halogens is 2. The van der Waals surface area contributed by atoms with E-state index in [1.54, 1.807) is 12.4 Å². The van der Waals surface area contributed by atoms with Crippen LogP contribution >= 0.6 is 31.9 Å². The molecule has 1 atom stereocenters. The van der Waals surface area contributed by atoms with Crippen LogP contribution in [-0.4, -0.2) is 11.5 Å². The highest BCUT2D eigenvalue weighted by atomic mass is 79.9. The highest BCUT2D eigenvalue weighted by molar-refractivity contribution is 9.10. The SMILES string of the molecule is CCCNC(C)c1cc(Br)ccc1Oc1cncc(Br)c1. The maximum absolute atomic E-state index is 5.99. The van der Waals surface area contributed by atoms with Gasteiger partial charge >= 0.3 is 0 Å². The number of hydrogen-bond donors (Lipinski definition) is 1. The molecule has 21 heavy (non-hydrogen) atoms. The molecule has 0 bridgehead atoms. The van der Waals surface area contributed by atoms with Crippen molar-refractivity contribution in [1.82, 2.24) is 10.3 Å². The Labute approximate surface area is 142 Å². The van der Waals surface area contributed by atoms with Crippen LogP contribution in [0.1, 0.15) is 31.9 Å². The van der Waals surface area contributed by atoms with Gasteiger partial charge in [-0.15, -0.1) is 0 Å². The van der Waals surface area contributed by atoms with Gasteiger partial charge in [0.2, 0.25) is 0 Å². The lowest BCUT2D eigenvalue weighted by Crippen LogP contribution is -2.19. The minimum Gasteiger partial charge on any atom is -0.455 e. The molecule has 1 N–H and O–H groups in total. The zero-order valence-corrected chi connectivity index (χ0v) is 15.2. The molecule has 0 spiro atoms. The lowest BCUT2D eigenvalue weighted by Gasteiger charge is -2.18. The maximum atomic E-state index is 5.99. The number of rotatable bonds is 6. The average molecular weight is 414 g/mol. The van der Waals surface area contributed by atoms with Crippen LogP contribution in [0.2, 0.25) is 0 Å². The standard InChI is InChI=1S/C16H18Br2N2O/c1-3-6-20-11(2)15-8-12(17)4-5-16(15)21-14-7-13(18)9-19-10-14/h4-5,7-11,20H,3,6H2,1-2H3. The molecule has 5 heteroatoms. The van der Waals surface area contributed by atoms with Gasteiger partial charge in [0.05, 0.1) is 6.20 Å². The number of nitrogens with one attached hydrogen (secondary N) is 1. The van der Waals surface area contributed by atoms with Gasteiger partial charge in [0.25, 0.3) is 0 Å². The van der Waals surface area contributed by atoms with Crippen LogP contribution in [0.5, 0.6) is 11.5 Å². The van der Waals surface area contributed by atoms with E-state index in [4.69, 9.17) is 4.74 Å². The molecule has 0 saturated heterocycles. The fourth-order valence-corrected chi connectivity index (χ4v) is 2.72. The fourth-order valence-electron chi connectivity index (χ4n) is 2.00. The second-order valence-electron chi connectivity index (χ2n) is 4.80. The second-order valence-corrected chi connectivity index (χ2v) is 6.63. The number of pyridine rings is 1. The van der Waals surface area contributed by atoms with Crippen molar-refractivity contribution in [1.29, 1.82) is 0 Å². The third-order valence-electron chi connectivity index (χ3n) is 3.05. The summed E-state index contributed by atoms with van der Waals surface area (Å²) < 4.78 is 7.94. The van der Waals surface area contributed by atoms with Gasteiger partial charge in [0.15, 0.2) is 0 Å². The van der Waals surface area contributed by atoms with Gasteiger partial charge in [-0.25, -0.2) is 0 Å². The van der Waals surface area contributed by atoms with Gasteiger partial charge in [-0.3, -0.25) is 4.98 Å². The Hall–Kier alpha value is -0.910. The van der Waals surface area contributed by atoms with Gasteiger partial charge in [-0.1, -0.05) is 22.9 Å². The second kappa shape index (κ2) is 7.92. The molecule has 0 amide bonds. The van der Waals surface area contributed by atoms with Gasteiger partial charge in [-0.2, -0.15) is 0 Å². The highest BCUT2D eigenvalue weighted by Gasteiger charge is 2.13. The molecular formula is C16H18Br2N2O. The third-order valence-corrected chi connectivity index (χ3v) is 3.97. The predicted octanol–water partition coefficient (Wildman–Crippen LogP) is 5.46. The molecule has 0 radical (unpaired) electrons. The normalized spacial score (nSPS) is 12.2. The summed E-state index contributed by atoms with van der Waals surface area (Å²) in [5.74, 6) is 1.56. The Morgan fingerprint density at radius 1 is 1.19 bits per heavy atom. The van der Waals surface area contributed by atoms with E-state index < -0.39 is 0 Å². The Kier molecular flexibility index (Phi) is 6.21. The van der Waals surface area contributed by atoms with Gasteiger partial charge in [0.1, 0.15) is 11.5 Å². The van der Waals surface area contributed by atoms with Crippen LogP contribution in [-0.2, 0) is 0 Å². The summed E-state index contributed by atoms with van der Waals surface area (Å²) in [6, 6.07) is 8.18. The Morgan fingerprint density at radius 2 is 2.00 bits per heavy atom. The highest BCUT2D eigenvalue weighted by Crippen LogP contribution is 2.32. The monoisotopic (exact) mass is 412 g/mol. The number of benzene rings is 1. The quantitative estimate of drug-likeness (QED) is 0.682. The van der Waals surface area contributed by atoms with E-state index in [2.05, 4.69) is 62.1 Å². The molecule has 2 rings (SSSR count). The largest absolute Gasteiger partial charge is 0.455 e. The number of nitrogens with zero attached hydrogens (tertiary/aromatic N) is 1. The minimum atomic E-state index is 0.220. The van der Waals surface area contributed by atoms with E-state index in [-0.39, 0.29) is 6.04 Å². The van der Waals surface area contributed by atoms with Crippen molar-refractivity contribution in [2.45, 2.75) is 26.3 Å². The van der Waals surface area contributed by atoms with Crippen molar-refractivity contribution >= 4 is 31.9 Å². The minimum absolute atomic E-state index is 0.220. The molecule has 2 aromatic rings. The number of ether oxygens (including phenoxy) is 1. The molecule has 0 aliphatic carbocycles. The first-order valence-electron chi connectivity index (χ1n) is 6.91. The van der Waals surface area contributed by atoms with Crippen molar-refractivity contribution in [3.8, 4) is 11.5 Å². The fraction of sp³-hybridized carbons (Fsp3) is 0.312. The van der Waals surface area contributed by atoms with Gasteiger partial charge in [0, 0.05) is 26.7 Å². The average Bonchev–Trinajstić information content (AvgIpc) is 2.46. The van der Waals surface area contributed by atoms with Gasteiger partial charge in [-0.05, 0) is 60.1 Å². The topological polar surface area (TPSA) is 34.1 Å². The van der Waals surface area contributed by atoms with Gasteiger partial charge < -0.3 is 10.1 Å². The molecule has 1 unspecified atom stereocenters. The van der Waals surface area contributed by atoms with Crippen molar-refractivity contribution in [3.63, 3.8) is 0 Å². The summed E-state index contributed by atoms with van der Waals surface area (Å²) in [7, 11) is 0. The summed E-state index contributed by atoms with van der Waals surface area (Å²) >= 11 is 6.93. The van der Waals surface area contributed by atoms with E-state index in [0.717, 1.165) is 39.0 Å². The first kappa shape index (κ1) is 16.5. The lowest BCUT2D eigenvalue weighted by atomic mass is 10.1. The molecule has 0 fully saturated rings. The molecule has 1 aromatic carbocycles. The van der Waals surface area contributed by atoms with Crippen molar-refractivity contribution < 1.29 is 4.74 Å². The Balaban J connectivity index is 2.26. The summed E-state index contributed by atoms with van der Waals surface area (Å²) in [6.07, 6.45) is 4.55.